The number of hydrogen-bond acceptors (Lipinski definition) is 3. The molecule has 1 atom stereocenters. The van der Waals surface area contributed by atoms with Crippen molar-refractivity contribution in [3.8, 4) is 0 Å². The summed E-state index contributed by atoms with van der Waals surface area (Å²) >= 11 is 0. The molecule has 1 aliphatic rings. The molecule has 2 aromatic carbocycles. The fourth-order valence-corrected chi connectivity index (χ4v) is 3.13. The minimum Gasteiger partial charge on any atom is -0.373 e. The Morgan fingerprint density at radius 2 is 2.00 bits per heavy atom. The molecule has 0 saturated heterocycles. The van der Waals surface area contributed by atoms with Gasteiger partial charge in [-0.05, 0) is 35.2 Å². The maximum atomic E-state index is 12.9. The van der Waals surface area contributed by atoms with Crippen LogP contribution in [0.3, 0.4) is 0 Å². The number of anilines is 1. The third-order valence-electron chi connectivity index (χ3n) is 4.56. The predicted molar refractivity (Wildman–Crippen MR) is 99.1 cm³/mol. The standard InChI is InChI=1S/C21H21F4NO3/c22-20(23)21(24,25)13-28-12-14-4-3-6-16(10-14)26-19(27)11-18-17-7-2-1-5-15(17)8-9-29-18/h1-7,10,18,20H,8-9,11-13H2,(H,26,27). The van der Waals surface area contributed by atoms with E-state index in [0.717, 1.165) is 17.5 Å². The first kappa shape index (κ1) is 21.3. The number of carbonyl (C=O) groups is 1. The van der Waals surface area contributed by atoms with E-state index in [1.165, 1.54) is 0 Å². The summed E-state index contributed by atoms with van der Waals surface area (Å²) < 4.78 is 60.5. The van der Waals surface area contributed by atoms with Crippen molar-refractivity contribution >= 4 is 11.6 Å². The highest BCUT2D eigenvalue weighted by molar-refractivity contribution is 5.91. The second-order valence-corrected chi connectivity index (χ2v) is 6.82. The number of amides is 1. The van der Waals surface area contributed by atoms with E-state index in [1.807, 2.05) is 24.3 Å². The molecule has 29 heavy (non-hydrogen) atoms. The number of halogens is 4. The van der Waals surface area contributed by atoms with E-state index in [2.05, 4.69) is 5.32 Å². The Hall–Kier alpha value is -2.45. The van der Waals surface area contributed by atoms with Gasteiger partial charge in [0.2, 0.25) is 5.91 Å². The van der Waals surface area contributed by atoms with E-state index in [-0.39, 0.29) is 25.0 Å². The highest BCUT2D eigenvalue weighted by Gasteiger charge is 2.40. The van der Waals surface area contributed by atoms with Crippen LogP contribution in [0.25, 0.3) is 0 Å². The number of nitrogens with one attached hydrogen (secondary N) is 1. The van der Waals surface area contributed by atoms with Crippen molar-refractivity contribution in [3.63, 3.8) is 0 Å². The van der Waals surface area contributed by atoms with Gasteiger partial charge in [0.05, 0.1) is 25.7 Å². The molecule has 2 aromatic rings. The van der Waals surface area contributed by atoms with Gasteiger partial charge in [-0.15, -0.1) is 0 Å². The monoisotopic (exact) mass is 411 g/mol. The first-order valence-corrected chi connectivity index (χ1v) is 9.17. The van der Waals surface area contributed by atoms with Crippen molar-refractivity contribution in [1.29, 1.82) is 0 Å². The molecule has 156 valence electrons. The number of rotatable bonds is 8. The molecule has 1 amide bonds. The van der Waals surface area contributed by atoms with E-state index in [9.17, 15) is 22.4 Å². The van der Waals surface area contributed by atoms with Gasteiger partial charge in [-0.1, -0.05) is 36.4 Å². The lowest BCUT2D eigenvalue weighted by Crippen LogP contribution is -2.32. The van der Waals surface area contributed by atoms with Gasteiger partial charge in [0.1, 0.15) is 6.61 Å². The number of carbonyl (C=O) groups excluding carboxylic acids is 1. The third kappa shape index (κ3) is 5.77. The summed E-state index contributed by atoms with van der Waals surface area (Å²) in [4.78, 5) is 12.4. The number of alkyl halides is 4. The van der Waals surface area contributed by atoms with Crippen LogP contribution in [0.5, 0.6) is 0 Å². The molecular formula is C21H21F4NO3. The van der Waals surface area contributed by atoms with E-state index < -0.39 is 19.0 Å². The number of hydrogen-bond donors (Lipinski definition) is 1. The van der Waals surface area contributed by atoms with E-state index in [1.54, 1.807) is 24.3 Å². The average molecular weight is 411 g/mol. The summed E-state index contributed by atoms with van der Waals surface area (Å²) in [5, 5.41) is 2.74. The molecule has 1 heterocycles. The predicted octanol–water partition coefficient (Wildman–Crippen LogP) is 4.75. The van der Waals surface area contributed by atoms with E-state index in [0.29, 0.717) is 17.9 Å². The summed E-state index contributed by atoms with van der Waals surface area (Å²) in [6.45, 7) is -1.10. The number of benzene rings is 2. The molecule has 8 heteroatoms. The van der Waals surface area contributed by atoms with Crippen LogP contribution in [0.1, 0.15) is 29.2 Å². The molecule has 0 bridgehead atoms. The zero-order valence-corrected chi connectivity index (χ0v) is 15.5. The lowest BCUT2D eigenvalue weighted by atomic mass is 9.95. The first-order chi connectivity index (χ1) is 13.8. The highest BCUT2D eigenvalue weighted by atomic mass is 19.3. The van der Waals surface area contributed by atoms with Crippen molar-refractivity contribution in [2.24, 2.45) is 0 Å². The van der Waals surface area contributed by atoms with Gasteiger partial charge in [0.15, 0.2) is 0 Å². The normalized spacial score (nSPS) is 16.5. The van der Waals surface area contributed by atoms with Crippen LogP contribution in [0.15, 0.2) is 48.5 Å². The zero-order valence-electron chi connectivity index (χ0n) is 15.5. The van der Waals surface area contributed by atoms with Crippen LogP contribution in [-0.2, 0) is 27.3 Å². The molecule has 1 N–H and O–H groups in total. The largest absolute Gasteiger partial charge is 0.373 e. The molecule has 0 radical (unpaired) electrons. The molecule has 4 nitrogen and oxygen atoms in total. The second kappa shape index (κ2) is 9.37. The van der Waals surface area contributed by atoms with E-state index >= 15 is 0 Å². The van der Waals surface area contributed by atoms with Crippen LogP contribution in [0, 0.1) is 0 Å². The van der Waals surface area contributed by atoms with E-state index in [4.69, 9.17) is 9.47 Å². The first-order valence-electron chi connectivity index (χ1n) is 9.17. The Bertz CT molecular complexity index is 844. The van der Waals surface area contributed by atoms with Crippen LogP contribution < -0.4 is 5.32 Å². The molecule has 1 aliphatic heterocycles. The maximum absolute atomic E-state index is 12.9. The van der Waals surface area contributed by atoms with Crippen molar-refractivity contribution in [1.82, 2.24) is 0 Å². The van der Waals surface area contributed by atoms with Crippen LogP contribution in [0.4, 0.5) is 23.2 Å². The second-order valence-electron chi connectivity index (χ2n) is 6.82. The molecule has 0 aromatic heterocycles. The van der Waals surface area contributed by atoms with Gasteiger partial charge in [-0.2, -0.15) is 8.78 Å². The molecular weight excluding hydrogens is 390 g/mol. The van der Waals surface area contributed by atoms with Crippen molar-refractivity contribution in [3.05, 3.63) is 65.2 Å². The fraction of sp³-hybridized carbons (Fsp3) is 0.381. The topological polar surface area (TPSA) is 47.6 Å². The Morgan fingerprint density at radius 1 is 1.21 bits per heavy atom. The molecule has 0 spiro atoms. The Kier molecular flexibility index (Phi) is 6.87. The third-order valence-corrected chi connectivity index (χ3v) is 4.56. The minimum absolute atomic E-state index is 0.137. The lowest BCUT2D eigenvalue weighted by molar-refractivity contribution is -0.168. The fourth-order valence-electron chi connectivity index (χ4n) is 3.13. The number of ether oxygens (including phenoxy) is 2. The van der Waals surface area contributed by atoms with Crippen molar-refractivity contribution in [2.75, 3.05) is 18.5 Å². The highest BCUT2D eigenvalue weighted by Crippen LogP contribution is 2.30. The van der Waals surface area contributed by atoms with Gasteiger partial charge in [0, 0.05) is 5.69 Å². The Labute approximate surface area is 165 Å². The van der Waals surface area contributed by atoms with Gasteiger partial charge in [-0.25, -0.2) is 8.78 Å². The smallest absolute Gasteiger partial charge is 0.330 e. The van der Waals surface area contributed by atoms with Gasteiger partial charge in [-0.3, -0.25) is 4.79 Å². The Balaban J connectivity index is 1.54. The zero-order chi connectivity index (χ0) is 20.9. The van der Waals surface area contributed by atoms with Crippen LogP contribution >= 0.6 is 0 Å². The minimum atomic E-state index is -4.19. The average Bonchev–Trinajstić information content (AvgIpc) is 2.68. The summed E-state index contributed by atoms with van der Waals surface area (Å²) in [6, 6.07) is 14.2. The lowest BCUT2D eigenvalue weighted by Gasteiger charge is -2.25. The van der Waals surface area contributed by atoms with Crippen LogP contribution in [0.2, 0.25) is 0 Å². The summed E-state index contributed by atoms with van der Waals surface area (Å²) in [5.74, 6) is -4.45. The molecule has 3 rings (SSSR count). The summed E-state index contributed by atoms with van der Waals surface area (Å²) in [5.41, 5.74) is 3.10. The molecule has 0 aliphatic carbocycles. The summed E-state index contributed by atoms with van der Waals surface area (Å²) in [6.07, 6.45) is -3.16. The van der Waals surface area contributed by atoms with Crippen LogP contribution in [-0.4, -0.2) is 31.5 Å². The maximum Gasteiger partial charge on any atom is 0.330 e. The summed E-state index contributed by atoms with van der Waals surface area (Å²) in [7, 11) is 0. The quantitative estimate of drug-likeness (QED) is 0.638. The van der Waals surface area contributed by atoms with Crippen molar-refractivity contribution < 1.29 is 31.8 Å². The SMILES string of the molecule is O=C(CC1OCCc2ccccc21)Nc1cccc(COCC(F)(F)C(F)F)c1. The molecule has 1 unspecified atom stereocenters. The number of fused-ring (bicyclic) bond motifs is 1. The van der Waals surface area contributed by atoms with Gasteiger partial charge < -0.3 is 14.8 Å². The Morgan fingerprint density at radius 3 is 2.79 bits per heavy atom. The molecule has 0 fully saturated rings. The molecule has 0 saturated carbocycles. The van der Waals surface area contributed by atoms with Gasteiger partial charge >= 0.3 is 12.3 Å². The van der Waals surface area contributed by atoms with Crippen molar-refractivity contribution in [2.45, 2.75) is 37.9 Å². The van der Waals surface area contributed by atoms with Gasteiger partial charge in [0.25, 0.3) is 0 Å².